The Bertz CT molecular complexity index is 452. The molecule has 0 aliphatic heterocycles. The largest absolute Gasteiger partial charge is 0.387 e. The third-order valence-corrected chi connectivity index (χ3v) is 2.88. The molecule has 1 unspecified atom stereocenters. The summed E-state index contributed by atoms with van der Waals surface area (Å²) in [6.45, 7) is 0. The number of aliphatic hydroxyl groups is 1. The molecule has 4 heteroatoms. The molecular weight excluding hydrogens is 244 g/mol. The van der Waals surface area contributed by atoms with E-state index in [0.29, 0.717) is 5.33 Å². The summed E-state index contributed by atoms with van der Waals surface area (Å²) in [4.78, 5) is 4.25. The molecule has 0 saturated heterocycles. The smallest absolute Gasteiger partial charge is 0.139 e. The van der Waals surface area contributed by atoms with Crippen molar-refractivity contribution < 1.29 is 5.11 Å². The zero-order valence-corrected chi connectivity index (χ0v) is 9.40. The van der Waals surface area contributed by atoms with Crippen LogP contribution in [0.3, 0.4) is 0 Å². The van der Waals surface area contributed by atoms with E-state index in [1.54, 1.807) is 6.20 Å². The van der Waals surface area contributed by atoms with Crippen LogP contribution in [0.2, 0.25) is 0 Å². The van der Waals surface area contributed by atoms with Crippen LogP contribution in [0.4, 0.5) is 0 Å². The van der Waals surface area contributed by atoms with Crippen molar-refractivity contribution in [3.63, 3.8) is 0 Å². The van der Waals surface area contributed by atoms with Crippen LogP contribution in [0.25, 0.3) is 11.0 Å². The van der Waals surface area contributed by atoms with E-state index in [0.717, 1.165) is 16.6 Å². The van der Waals surface area contributed by atoms with Crippen molar-refractivity contribution in [1.29, 1.82) is 0 Å². The van der Waals surface area contributed by atoms with Gasteiger partial charge in [-0.15, -0.1) is 0 Å². The molecule has 0 aliphatic carbocycles. The van der Waals surface area contributed by atoms with Crippen LogP contribution in [0, 0.1) is 0 Å². The molecule has 2 aromatic heterocycles. The lowest BCUT2D eigenvalue weighted by Gasteiger charge is -2.03. The van der Waals surface area contributed by atoms with Crippen molar-refractivity contribution in [3.8, 4) is 0 Å². The topological polar surface area (TPSA) is 38.0 Å². The lowest BCUT2D eigenvalue weighted by atomic mass is 10.1. The fraction of sp³-hybridized carbons (Fsp3) is 0.300. The Morgan fingerprint density at radius 2 is 2.43 bits per heavy atom. The maximum atomic E-state index is 9.75. The van der Waals surface area contributed by atoms with E-state index in [2.05, 4.69) is 20.9 Å². The molecule has 3 nitrogen and oxygen atoms in total. The molecule has 0 fully saturated rings. The predicted octanol–water partition coefficient (Wildman–Crippen LogP) is 2.00. The van der Waals surface area contributed by atoms with Gasteiger partial charge in [0.2, 0.25) is 0 Å². The molecule has 2 rings (SSSR count). The molecule has 74 valence electrons. The molecule has 2 aromatic rings. The molecule has 0 spiro atoms. The second-order valence-electron chi connectivity index (χ2n) is 3.24. The van der Waals surface area contributed by atoms with E-state index in [1.165, 1.54) is 0 Å². The van der Waals surface area contributed by atoms with Gasteiger partial charge in [0.05, 0.1) is 6.10 Å². The number of pyridine rings is 1. The number of aromatic nitrogens is 2. The van der Waals surface area contributed by atoms with Crippen molar-refractivity contribution >= 4 is 27.0 Å². The maximum absolute atomic E-state index is 9.75. The zero-order valence-electron chi connectivity index (χ0n) is 7.81. The average molecular weight is 255 g/mol. The van der Waals surface area contributed by atoms with Crippen LogP contribution >= 0.6 is 15.9 Å². The number of rotatable bonds is 2. The van der Waals surface area contributed by atoms with Gasteiger partial charge in [-0.3, -0.25) is 0 Å². The molecule has 0 aromatic carbocycles. The summed E-state index contributed by atoms with van der Waals surface area (Å²) >= 11 is 3.27. The van der Waals surface area contributed by atoms with E-state index < -0.39 is 6.10 Å². The van der Waals surface area contributed by atoms with Crippen LogP contribution < -0.4 is 0 Å². The molecule has 0 saturated carbocycles. The first-order valence-corrected chi connectivity index (χ1v) is 5.50. The molecular formula is C10H11BrN2O. The fourth-order valence-corrected chi connectivity index (χ4v) is 1.94. The first-order valence-electron chi connectivity index (χ1n) is 4.38. The summed E-state index contributed by atoms with van der Waals surface area (Å²) in [5.74, 6) is 0. The normalized spacial score (nSPS) is 13.4. The maximum Gasteiger partial charge on any atom is 0.139 e. The summed E-state index contributed by atoms with van der Waals surface area (Å²) in [5, 5.41) is 11.3. The van der Waals surface area contributed by atoms with Crippen LogP contribution in [0.1, 0.15) is 11.7 Å². The summed E-state index contributed by atoms with van der Waals surface area (Å²) < 4.78 is 1.93. The Balaban J connectivity index is 2.66. The first-order chi connectivity index (χ1) is 6.74. The van der Waals surface area contributed by atoms with Gasteiger partial charge in [-0.1, -0.05) is 15.9 Å². The summed E-state index contributed by atoms with van der Waals surface area (Å²) in [7, 11) is 1.93. The van der Waals surface area contributed by atoms with E-state index in [-0.39, 0.29) is 0 Å². The Labute approximate surface area is 90.5 Å². The molecule has 1 N–H and O–H groups in total. The van der Waals surface area contributed by atoms with Crippen molar-refractivity contribution in [2.75, 3.05) is 5.33 Å². The average Bonchev–Trinajstić information content (AvgIpc) is 2.56. The Morgan fingerprint density at radius 1 is 1.64 bits per heavy atom. The van der Waals surface area contributed by atoms with Gasteiger partial charge >= 0.3 is 0 Å². The highest BCUT2D eigenvalue weighted by atomic mass is 79.9. The lowest BCUT2D eigenvalue weighted by molar-refractivity contribution is 0.207. The highest BCUT2D eigenvalue weighted by molar-refractivity contribution is 9.09. The van der Waals surface area contributed by atoms with Gasteiger partial charge in [0.25, 0.3) is 0 Å². The van der Waals surface area contributed by atoms with Crippen molar-refractivity contribution in [1.82, 2.24) is 9.55 Å². The standard InChI is InChI=1S/C10H11BrN2O/c1-13-6-8(9(14)5-11)7-3-2-4-12-10(7)13/h2-4,6,9,14H,5H2,1H3. The van der Waals surface area contributed by atoms with Crippen molar-refractivity contribution in [2.45, 2.75) is 6.10 Å². The fourth-order valence-electron chi connectivity index (χ4n) is 1.59. The Kier molecular flexibility index (Phi) is 2.56. The van der Waals surface area contributed by atoms with Gasteiger partial charge in [0.1, 0.15) is 5.65 Å². The quantitative estimate of drug-likeness (QED) is 0.833. The third-order valence-electron chi connectivity index (χ3n) is 2.27. The summed E-state index contributed by atoms with van der Waals surface area (Å²) in [6.07, 6.45) is 3.21. The summed E-state index contributed by atoms with van der Waals surface area (Å²) in [6, 6.07) is 3.86. The molecule has 0 aliphatic rings. The van der Waals surface area contributed by atoms with Crippen LogP contribution in [-0.2, 0) is 7.05 Å². The van der Waals surface area contributed by atoms with Gasteiger partial charge in [0.15, 0.2) is 0 Å². The van der Waals surface area contributed by atoms with Crippen LogP contribution in [0.15, 0.2) is 24.5 Å². The second kappa shape index (κ2) is 3.71. The van der Waals surface area contributed by atoms with Gasteiger partial charge in [-0.05, 0) is 12.1 Å². The minimum Gasteiger partial charge on any atom is -0.387 e. The molecule has 1 atom stereocenters. The molecule has 14 heavy (non-hydrogen) atoms. The number of aryl methyl sites for hydroxylation is 1. The predicted molar refractivity (Wildman–Crippen MR) is 59.5 cm³/mol. The number of fused-ring (bicyclic) bond motifs is 1. The number of hydrogen-bond donors (Lipinski definition) is 1. The van der Waals surface area contributed by atoms with Gasteiger partial charge < -0.3 is 9.67 Å². The number of halogens is 1. The number of nitrogens with zero attached hydrogens (tertiary/aromatic N) is 2. The Hall–Kier alpha value is -0.870. The molecule has 0 radical (unpaired) electrons. The SMILES string of the molecule is Cn1cc(C(O)CBr)c2cccnc21. The highest BCUT2D eigenvalue weighted by Crippen LogP contribution is 2.25. The van der Waals surface area contributed by atoms with Crippen molar-refractivity contribution in [2.24, 2.45) is 7.05 Å². The van der Waals surface area contributed by atoms with Crippen LogP contribution in [-0.4, -0.2) is 20.0 Å². The van der Waals surface area contributed by atoms with Crippen LogP contribution in [0.5, 0.6) is 0 Å². The number of alkyl halides is 1. The Morgan fingerprint density at radius 3 is 3.14 bits per heavy atom. The first kappa shape index (κ1) is 9.68. The number of hydrogen-bond acceptors (Lipinski definition) is 2. The summed E-state index contributed by atoms with van der Waals surface area (Å²) in [5.41, 5.74) is 1.83. The van der Waals surface area contributed by atoms with Gasteiger partial charge in [-0.2, -0.15) is 0 Å². The highest BCUT2D eigenvalue weighted by Gasteiger charge is 2.13. The van der Waals surface area contributed by atoms with Gasteiger partial charge in [-0.25, -0.2) is 4.98 Å². The monoisotopic (exact) mass is 254 g/mol. The zero-order chi connectivity index (χ0) is 10.1. The van der Waals surface area contributed by atoms with Crippen molar-refractivity contribution in [3.05, 3.63) is 30.1 Å². The third kappa shape index (κ3) is 1.44. The lowest BCUT2D eigenvalue weighted by Crippen LogP contribution is -1.96. The molecule has 2 heterocycles. The molecule has 0 bridgehead atoms. The van der Waals surface area contributed by atoms with E-state index >= 15 is 0 Å². The van der Waals surface area contributed by atoms with E-state index in [4.69, 9.17) is 0 Å². The minimum absolute atomic E-state index is 0.470. The second-order valence-corrected chi connectivity index (χ2v) is 3.89. The number of aliphatic hydroxyl groups excluding tert-OH is 1. The minimum atomic E-state index is -0.470. The van der Waals surface area contributed by atoms with E-state index in [9.17, 15) is 5.11 Å². The van der Waals surface area contributed by atoms with E-state index in [1.807, 2.05) is 29.9 Å². The molecule has 0 amide bonds. The van der Waals surface area contributed by atoms with Gasteiger partial charge in [0, 0.05) is 35.7 Å².